The summed E-state index contributed by atoms with van der Waals surface area (Å²) in [5, 5.41) is 7.45. The van der Waals surface area contributed by atoms with Crippen molar-refractivity contribution in [1.29, 1.82) is 0 Å². The second kappa shape index (κ2) is 9.44. The molecule has 0 saturated heterocycles. The number of benzene rings is 8. The second-order valence-corrected chi connectivity index (χ2v) is 14.9. The van der Waals surface area contributed by atoms with E-state index in [0.29, 0.717) is 0 Å². The Bertz CT molecular complexity index is 3140. The van der Waals surface area contributed by atoms with Gasteiger partial charge in [-0.25, -0.2) is 0 Å². The number of hydrogen-bond acceptors (Lipinski definition) is 1. The van der Waals surface area contributed by atoms with Crippen LogP contribution in [0.4, 0.5) is 0 Å². The Balaban J connectivity index is 1.07. The van der Waals surface area contributed by atoms with Gasteiger partial charge in [-0.15, -0.1) is 0 Å². The van der Waals surface area contributed by atoms with E-state index in [4.69, 9.17) is 4.42 Å². The number of furan rings is 1. The summed E-state index contributed by atoms with van der Waals surface area (Å²) in [4.78, 5) is 0. The summed E-state index contributed by atoms with van der Waals surface area (Å²) in [5.41, 5.74) is 18.5. The van der Waals surface area contributed by atoms with Gasteiger partial charge in [0.2, 0.25) is 0 Å². The Labute approximate surface area is 294 Å². The quantitative estimate of drug-likeness (QED) is 0.182. The van der Waals surface area contributed by atoms with E-state index in [1.54, 1.807) is 0 Å². The van der Waals surface area contributed by atoms with Crippen molar-refractivity contribution < 1.29 is 4.42 Å². The lowest BCUT2D eigenvalue weighted by Gasteiger charge is -2.21. The molecule has 238 valence electrons. The lowest BCUT2D eigenvalue weighted by Crippen LogP contribution is -2.14. The van der Waals surface area contributed by atoms with Crippen molar-refractivity contribution in [3.63, 3.8) is 0 Å². The number of nitrogens with zero attached hydrogens (tertiary/aromatic N) is 1. The van der Waals surface area contributed by atoms with Gasteiger partial charge in [-0.2, -0.15) is 0 Å². The molecule has 0 aliphatic heterocycles. The SMILES string of the molecule is CC1(C)c2ccccc2-c2cc3c4ccccc4n(-c4ccc5oc6ccc(-c7ccc8c9c(cccc79)-c7ccccc7-8)cc6c5c4)c3cc21. The Kier molecular flexibility index (Phi) is 5.08. The largest absolute Gasteiger partial charge is 0.456 e. The van der Waals surface area contributed by atoms with E-state index in [9.17, 15) is 0 Å². The molecule has 2 heteroatoms. The molecular formula is C49H31NO. The van der Waals surface area contributed by atoms with E-state index in [1.807, 2.05) is 0 Å². The molecule has 10 aromatic rings. The van der Waals surface area contributed by atoms with Crippen LogP contribution in [0.3, 0.4) is 0 Å². The van der Waals surface area contributed by atoms with Gasteiger partial charge in [-0.3, -0.25) is 0 Å². The van der Waals surface area contributed by atoms with Crippen LogP contribution in [0.2, 0.25) is 0 Å². The van der Waals surface area contributed by atoms with Gasteiger partial charge in [0.15, 0.2) is 0 Å². The first-order valence-electron chi connectivity index (χ1n) is 17.8. The highest BCUT2D eigenvalue weighted by Gasteiger charge is 2.36. The number of aromatic nitrogens is 1. The van der Waals surface area contributed by atoms with Gasteiger partial charge in [-0.05, 0) is 115 Å². The topological polar surface area (TPSA) is 18.1 Å². The number of rotatable bonds is 2. The van der Waals surface area contributed by atoms with Gasteiger partial charge in [0, 0.05) is 32.6 Å². The molecule has 2 aliphatic carbocycles. The van der Waals surface area contributed by atoms with E-state index < -0.39 is 0 Å². The zero-order valence-electron chi connectivity index (χ0n) is 28.3. The fourth-order valence-corrected chi connectivity index (χ4v) is 9.57. The molecule has 2 aliphatic rings. The summed E-state index contributed by atoms with van der Waals surface area (Å²) < 4.78 is 8.93. The first kappa shape index (κ1) is 27.4. The van der Waals surface area contributed by atoms with Crippen LogP contribution in [0.25, 0.3) is 105 Å². The normalized spacial score (nSPS) is 13.8. The summed E-state index contributed by atoms with van der Waals surface area (Å²) in [6.07, 6.45) is 0. The molecule has 51 heavy (non-hydrogen) atoms. The summed E-state index contributed by atoms with van der Waals surface area (Å²) in [5.74, 6) is 0. The monoisotopic (exact) mass is 649 g/mol. The van der Waals surface area contributed by atoms with Crippen LogP contribution >= 0.6 is 0 Å². The first-order chi connectivity index (χ1) is 25.0. The lowest BCUT2D eigenvalue weighted by atomic mass is 9.82. The smallest absolute Gasteiger partial charge is 0.135 e. The fourth-order valence-electron chi connectivity index (χ4n) is 9.57. The highest BCUT2D eigenvalue weighted by atomic mass is 16.3. The minimum Gasteiger partial charge on any atom is -0.456 e. The highest BCUT2D eigenvalue weighted by Crippen LogP contribution is 2.52. The van der Waals surface area contributed by atoms with Crippen molar-refractivity contribution >= 4 is 54.5 Å². The minimum atomic E-state index is -0.0755. The highest BCUT2D eigenvalue weighted by molar-refractivity contribution is 6.19. The fraction of sp³-hybridized carbons (Fsp3) is 0.0612. The molecule has 8 aromatic carbocycles. The molecule has 0 N–H and O–H groups in total. The van der Waals surface area contributed by atoms with Crippen LogP contribution in [0.1, 0.15) is 25.0 Å². The molecule has 2 nitrogen and oxygen atoms in total. The molecule has 0 amide bonds. The third-order valence-electron chi connectivity index (χ3n) is 11.9. The van der Waals surface area contributed by atoms with Gasteiger partial charge < -0.3 is 8.98 Å². The molecule has 0 saturated carbocycles. The minimum absolute atomic E-state index is 0.0755. The van der Waals surface area contributed by atoms with E-state index >= 15 is 0 Å². The van der Waals surface area contributed by atoms with E-state index in [-0.39, 0.29) is 5.41 Å². The van der Waals surface area contributed by atoms with Crippen molar-refractivity contribution in [1.82, 2.24) is 4.57 Å². The van der Waals surface area contributed by atoms with Crippen molar-refractivity contribution in [3.05, 3.63) is 163 Å². The van der Waals surface area contributed by atoms with Crippen LogP contribution in [-0.2, 0) is 5.41 Å². The average Bonchev–Trinajstić information content (AvgIpc) is 3.87. The van der Waals surface area contributed by atoms with Gasteiger partial charge in [-0.1, -0.05) is 117 Å². The number of para-hydroxylation sites is 1. The lowest BCUT2D eigenvalue weighted by molar-refractivity contribution is 0.661. The molecule has 0 unspecified atom stereocenters. The summed E-state index contributed by atoms with van der Waals surface area (Å²) >= 11 is 0. The van der Waals surface area contributed by atoms with Gasteiger partial charge >= 0.3 is 0 Å². The van der Waals surface area contributed by atoms with E-state index in [1.165, 1.54) is 88.2 Å². The average molecular weight is 650 g/mol. The van der Waals surface area contributed by atoms with Crippen LogP contribution < -0.4 is 0 Å². The predicted molar refractivity (Wildman–Crippen MR) is 213 cm³/mol. The molecule has 0 fully saturated rings. The zero-order valence-corrected chi connectivity index (χ0v) is 28.3. The molecular weight excluding hydrogens is 619 g/mol. The first-order valence-corrected chi connectivity index (χ1v) is 17.8. The van der Waals surface area contributed by atoms with Gasteiger partial charge in [0.1, 0.15) is 11.2 Å². The third-order valence-corrected chi connectivity index (χ3v) is 11.9. The maximum Gasteiger partial charge on any atom is 0.135 e. The van der Waals surface area contributed by atoms with E-state index in [2.05, 4.69) is 170 Å². The van der Waals surface area contributed by atoms with Crippen molar-refractivity contribution in [2.45, 2.75) is 19.3 Å². The summed E-state index contributed by atoms with van der Waals surface area (Å²) in [6, 6.07) is 56.1. The second-order valence-electron chi connectivity index (χ2n) is 14.9. The van der Waals surface area contributed by atoms with Crippen LogP contribution in [0.15, 0.2) is 156 Å². The maximum absolute atomic E-state index is 6.48. The Morgan fingerprint density at radius 2 is 1.08 bits per heavy atom. The van der Waals surface area contributed by atoms with Crippen molar-refractivity contribution in [3.8, 4) is 50.2 Å². The Hall–Kier alpha value is -6.38. The predicted octanol–water partition coefficient (Wildman–Crippen LogP) is 13.5. The third kappa shape index (κ3) is 3.47. The zero-order chi connectivity index (χ0) is 33.6. The van der Waals surface area contributed by atoms with Crippen molar-refractivity contribution in [2.24, 2.45) is 0 Å². The molecule has 0 bridgehead atoms. The van der Waals surface area contributed by atoms with Gasteiger partial charge in [0.05, 0.1) is 11.0 Å². The molecule has 0 atom stereocenters. The van der Waals surface area contributed by atoms with Crippen molar-refractivity contribution in [2.75, 3.05) is 0 Å². The number of fused-ring (bicyclic) bond motifs is 12. The van der Waals surface area contributed by atoms with Crippen LogP contribution in [-0.4, -0.2) is 4.57 Å². The molecule has 2 heterocycles. The summed E-state index contributed by atoms with van der Waals surface area (Å²) in [7, 11) is 0. The Morgan fingerprint density at radius 1 is 0.412 bits per heavy atom. The van der Waals surface area contributed by atoms with Crippen LogP contribution in [0.5, 0.6) is 0 Å². The van der Waals surface area contributed by atoms with E-state index in [0.717, 1.165) is 27.6 Å². The number of hydrogen-bond donors (Lipinski definition) is 0. The van der Waals surface area contributed by atoms with Gasteiger partial charge in [0.25, 0.3) is 0 Å². The van der Waals surface area contributed by atoms with Crippen LogP contribution in [0, 0.1) is 0 Å². The standard InChI is InChI=1S/C49H31NO/c1-49(2)42-16-7-5-12-33(42)38-26-39-34-13-6-8-17-44(34)50(45(39)27-43(38)49)29-19-23-47-41(25-29)40-24-28(18-22-46(40)51-47)30-20-21-37-32-11-4-3-10-31(32)36-15-9-14-35(30)48(36)37/h3-27H,1-2H3. The molecule has 0 spiro atoms. The summed E-state index contributed by atoms with van der Waals surface area (Å²) in [6.45, 7) is 4.72. The molecule has 2 aromatic heterocycles. The maximum atomic E-state index is 6.48. The molecule has 0 radical (unpaired) electrons. The Morgan fingerprint density at radius 3 is 1.94 bits per heavy atom. The molecule has 12 rings (SSSR count).